The second kappa shape index (κ2) is 3.59. The van der Waals surface area contributed by atoms with Crippen molar-refractivity contribution in [1.29, 1.82) is 0 Å². The Hall–Kier alpha value is 0.0938. The van der Waals surface area contributed by atoms with E-state index in [1.165, 1.54) is 0 Å². The van der Waals surface area contributed by atoms with Crippen LogP contribution in [0, 0.1) is 0 Å². The van der Waals surface area contributed by atoms with Crippen molar-refractivity contribution in [2.45, 2.75) is 52.6 Å². The molecule has 0 aromatic heterocycles. The number of hydrogen-bond acceptors (Lipinski definition) is 2. The Morgan fingerprint density at radius 3 is 1.57 bits per heavy atom. The molecular weight excluding hydrogens is 204 g/mol. The lowest BCUT2D eigenvalue weighted by Gasteiger charge is -2.59. The molecule has 0 amide bonds. The average molecular weight is 228 g/mol. The summed E-state index contributed by atoms with van der Waals surface area (Å²) < 4.78 is 5.48. The summed E-state index contributed by atoms with van der Waals surface area (Å²) in [7, 11) is -1.14. The fraction of sp³-hybridized carbons (Fsp3) is 0.800. The zero-order chi connectivity index (χ0) is 11.1. The van der Waals surface area contributed by atoms with Crippen molar-refractivity contribution in [3.05, 3.63) is 12.3 Å². The minimum atomic E-state index is -0.968. The minimum absolute atomic E-state index is 0.177. The molecule has 0 atom stereocenters. The van der Waals surface area contributed by atoms with Crippen LogP contribution in [0.3, 0.4) is 0 Å². The van der Waals surface area contributed by atoms with Gasteiger partial charge in [0, 0.05) is 11.1 Å². The molecule has 0 aromatic carbocycles. The maximum atomic E-state index is 4.01. The predicted molar refractivity (Wildman–Crippen MR) is 69.1 cm³/mol. The van der Waals surface area contributed by atoms with Crippen LogP contribution in [0.5, 0.6) is 0 Å². The first-order chi connectivity index (χ1) is 6.18. The summed E-state index contributed by atoms with van der Waals surface area (Å²) in [5.41, 5.74) is 2.94. The van der Waals surface area contributed by atoms with Crippen molar-refractivity contribution in [2.75, 3.05) is 0 Å². The van der Waals surface area contributed by atoms with Gasteiger partial charge in [-0.3, -0.25) is 0 Å². The average Bonchev–Trinajstić information content (AvgIpc) is 1.77. The second-order valence-electron chi connectivity index (χ2n) is 6.07. The van der Waals surface area contributed by atoms with Crippen LogP contribution in [0.25, 0.3) is 0 Å². The van der Waals surface area contributed by atoms with Crippen LogP contribution in [0.2, 0.25) is 0 Å². The Bertz CT molecular complexity index is 207. The maximum Gasteiger partial charge on any atom is 0.203 e. The quantitative estimate of drug-likeness (QED) is 0.621. The van der Waals surface area contributed by atoms with Gasteiger partial charge in [0.05, 0.1) is 0 Å². The van der Waals surface area contributed by atoms with E-state index in [2.05, 4.69) is 62.3 Å². The van der Waals surface area contributed by atoms with Crippen LogP contribution < -0.4 is 0 Å². The molecule has 1 aliphatic heterocycles. The van der Waals surface area contributed by atoms with Gasteiger partial charge in [0.1, 0.15) is 0 Å². The van der Waals surface area contributed by atoms with Crippen LogP contribution >= 0.6 is 0 Å². The van der Waals surface area contributed by atoms with Gasteiger partial charge < -0.3 is 8.46 Å². The van der Waals surface area contributed by atoms with Crippen molar-refractivity contribution in [1.82, 2.24) is 8.46 Å². The fourth-order valence-corrected chi connectivity index (χ4v) is 8.56. The second-order valence-corrected chi connectivity index (χ2v) is 11.7. The molecule has 1 saturated heterocycles. The normalized spacial score (nSPS) is 27.7. The van der Waals surface area contributed by atoms with Gasteiger partial charge in [-0.05, 0) is 41.5 Å². The van der Waals surface area contributed by atoms with Crippen LogP contribution in [-0.2, 0) is 0 Å². The van der Waals surface area contributed by atoms with Crippen LogP contribution in [-0.4, -0.2) is 38.5 Å². The van der Waals surface area contributed by atoms with E-state index in [1.54, 1.807) is 0 Å². The molecule has 1 rings (SSSR count). The highest BCUT2D eigenvalue weighted by molar-refractivity contribution is 6.80. The van der Waals surface area contributed by atoms with E-state index in [4.69, 9.17) is 0 Å². The molecule has 1 fully saturated rings. The summed E-state index contributed by atoms with van der Waals surface area (Å²) >= 11 is 0. The maximum absolute atomic E-state index is 4.01. The first-order valence-electron chi connectivity index (χ1n) is 5.34. The topological polar surface area (TPSA) is 6.48 Å². The molecule has 14 heavy (non-hydrogen) atoms. The van der Waals surface area contributed by atoms with Crippen molar-refractivity contribution in [3.8, 4) is 0 Å². The van der Waals surface area contributed by atoms with Gasteiger partial charge in [-0.25, -0.2) is 0 Å². The first kappa shape index (κ1) is 12.2. The minimum Gasteiger partial charge on any atom is -0.321 e. The van der Waals surface area contributed by atoms with E-state index < -0.39 is 9.12 Å². The molecule has 0 aliphatic carbocycles. The van der Waals surface area contributed by atoms with Gasteiger partial charge in [-0.2, -0.15) is 0 Å². The van der Waals surface area contributed by atoms with Crippen LogP contribution in [0.1, 0.15) is 41.5 Å². The third-order valence-electron chi connectivity index (χ3n) is 2.88. The van der Waals surface area contributed by atoms with Gasteiger partial charge in [-0.1, -0.05) is 5.70 Å². The molecule has 0 bridgehead atoms. The molecule has 0 unspecified atom stereocenters. The summed E-state index contributed by atoms with van der Waals surface area (Å²) in [5.74, 6) is 0. The Labute approximate surface area is 92.7 Å². The van der Waals surface area contributed by atoms with Gasteiger partial charge in [-0.15, -0.1) is 6.58 Å². The molecule has 2 nitrogen and oxygen atoms in total. The fourth-order valence-electron chi connectivity index (χ4n) is 1.88. The van der Waals surface area contributed by atoms with Crippen LogP contribution in [0.15, 0.2) is 12.3 Å². The lowest BCUT2D eigenvalue weighted by molar-refractivity contribution is 0.239. The lowest BCUT2D eigenvalue weighted by atomic mass is 10.1. The van der Waals surface area contributed by atoms with Gasteiger partial charge in [0.25, 0.3) is 0 Å². The SMILES string of the molecule is C=C[SiH]1N(C(C)(C)C)[SiH2]N1C(C)(C)C. The third kappa shape index (κ3) is 2.19. The van der Waals surface area contributed by atoms with E-state index in [-0.39, 0.29) is 9.84 Å². The van der Waals surface area contributed by atoms with Gasteiger partial charge in [0.15, 0.2) is 9.84 Å². The largest absolute Gasteiger partial charge is 0.321 e. The zero-order valence-corrected chi connectivity index (χ0v) is 13.0. The van der Waals surface area contributed by atoms with Gasteiger partial charge >= 0.3 is 0 Å². The molecule has 1 heterocycles. The van der Waals surface area contributed by atoms with Crippen molar-refractivity contribution in [3.63, 3.8) is 0 Å². The Morgan fingerprint density at radius 1 is 1.00 bits per heavy atom. The molecule has 4 heteroatoms. The number of nitrogens with zero attached hydrogens (tertiary/aromatic N) is 2. The lowest BCUT2D eigenvalue weighted by Crippen LogP contribution is -2.78. The molecule has 0 aromatic rings. The van der Waals surface area contributed by atoms with E-state index >= 15 is 0 Å². The monoisotopic (exact) mass is 228 g/mol. The molecule has 0 radical (unpaired) electrons. The Kier molecular flexibility index (Phi) is 3.12. The highest BCUT2D eigenvalue weighted by Gasteiger charge is 2.46. The van der Waals surface area contributed by atoms with Crippen LogP contribution in [0.4, 0.5) is 0 Å². The van der Waals surface area contributed by atoms with Gasteiger partial charge in [0.2, 0.25) is 9.12 Å². The summed E-state index contributed by atoms with van der Waals surface area (Å²) in [6.07, 6.45) is 0. The molecule has 1 aliphatic rings. The van der Waals surface area contributed by atoms with E-state index in [9.17, 15) is 0 Å². The van der Waals surface area contributed by atoms with Crippen molar-refractivity contribution < 1.29 is 0 Å². The van der Waals surface area contributed by atoms with E-state index in [0.717, 1.165) is 0 Å². The number of rotatable bonds is 1. The predicted octanol–water partition coefficient (Wildman–Crippen LogP) is 1.15. The summed E-state index contributed by atoms with van der Waals surface area (Å²) in [5, 5.41) is 0. The molecule has 0 spiro atoms. The molecule has 0 saturated carbocycles. The number of hydrogen-bond donors (Lipinski definition) is 0. The smallest absolute Gasteiger partial charge is 0.203 e. The van der Waals surface area contributed by atoms with E-state index in [0.29, 0.717) is 11.1 Å². The van der Waals surface area contributed by atoms with Crippen molar-refractivity contribution >= 4 is 19.0 Å². The Balaban J connectivity index is 2.72. The summed E-state index contributed by atoms with van der Waals surface area (Å²) in [4.78, 5) is 0. The molecule has 82 valence electrons. The summed E-state index contributed by atoms with van der Waals surface area (Å²) in [6.45, 7) is 17.9. The first-order valence-corrected chi connectivity index (χ1v) is 8.30. The summed E-state index contributed by atoms with van der Waals surface area (Å²) in [6, 6.07) is 0. The third-order valence-corrected chi connectivity index (χ3v) is 11.9. The van der Waals surface area contributed by atoms with Crippen molar-refractivity contribution in [2.24, 2.45) is 0 Å². The standard InChI is InChI=1S/C10H24N2Si2/c1-8-14-11(9(2,3)4)13-12(14)10(5,6)7/h8,14H,1,13H2,2-7H3. The Morgan fingerprint density at radius 2 is 1.36 bits per heavy atom. The molecular formula is C10H24N2Si2. The highest BCUT2D eigenvalue weighted by Crippen LogP contribution is 2.29. The highest BCUT2D eigenvalue weighted by atomic mass is 28.4. The zero-order valence-electron chi connectivity index (χ0n) is 10.5. The van der Waals surface area contributed by atoms with E-state index in [1.807, 2.05) is 0 Å². The molecule has 0 N–H and O–H groups in total.